The Kier molecular flexibility index (Phi) is 6.28. The summed E-state index contributed by atoms with van der Waals surface area (Å²) >= 11 is 0. The van der Waals surface area contributed by atoms with Gasteiger partial charge in [-0.1, -0.05) is 61.7 Å². The second kappa shape index (κ2) is 8.62. The van der Waals surface area contributed by atoms with Crippen molar-refractivity contribution in [3.05, 3.63) is 85.0 Å². The number of carbonyl (C=O) groups is 2. The fraction of sp³-hybridized carbons (Fsp3) is 0.0909. The molecule has 4 heteroatoms. The van der Waals surface area contributed by atoms with Gasteiger partial charge < -0.3 is 9.84 Å². The third kappa shape index (κ3) is 4.57. The molecule has 0 bridgehead atoms. The largest absolute Gasteiger partial charge is 0.478 e. The average Bonchev–Trinajstić information content (AvgIpc) is 2.65. The lowest BCUT2D eigenvalue weighted by molar-refractivity contribution is -0.139. The lowest BCUT2D eigenvalue weighted by Gasteiger charge is -2.11. The highest BCUT2D eigenvalue weighted by Gasteiger charge is 2.08. The van der Waals surface area contributed by atoms with Crippen molar-refractivity contribution in [3.8, 4) is 0 Å². The minimum absolute atomic E-state index is 0.176. The maximum atomic E-state index is 11.3. The maximum absolute atomic E-state index is 11.3. The number of carbonyl (C=O) groups excluding carboxylic acids is 1. The van der Waals surface area contributed by atoms with Crippen molar-refractivity contribution in [1.29, 1.82) is 0 Å². The molecule has 0 radical (unpaired) electrons. The van der Waals surface area contributed by atoms with E-state index in [1.54, 1.807) is 0 Å². The third-order valence-electron chi connectivity index (χ3n) is 3.77. The van der Waals surface area contributed by atoms with E-state index in [2.05, 4.69) is 43.5 Å². The molecule has 0 aromatic heterocycles. The van der Waals surface area contributed by atoms with Crippen LogP contribution in [0.5, 0.6) is 0 Å². The van der Waals surface area contributed by atoms with Gasteiger partial charge in [0.05, 0.1) is 0 Å². The first-order chi connectivity index (χ1) is 12.4. The van der Waals surface area contributed by atoms with Crippen molar-refractivity contribution in [2.75, 3.05) is 0 Å². The van der Waals surface area contributed by atoms with Crippen LogP contribution in [0.25, 0.3) is 21.5 Å². The lowest BCUT2D eigenvalue weighted by Crippen LogP contribution is -2.01. The second-order valence-electron chi connectivity index (χ2n) is 5.69. The highest BCUT2D eigenvalue weighted by Crippen LogP contribution is 2.28. The Bertz CT molecular complexity index is 920. The van der Waals surface area contributed by atoms with Gasteiger partial charge in [-0.05, 0) is 34.5 Å². The zero-order chi connectivity index (χ0) is 19.1. The van der Waals surface area contributed by atoms with E-state index in [9.17, 15) is 9.59 Å². The van der Waals surface area contributed by atoms with E-state index in [0.717, 1.165) is 27.1 Å². The predicted octanol–water partition coefficient (Wildman–Crippen LogP) is 4.87. The maximum Gasteiger partial charge on any atom is 0.330 e. The zero-order valence-electron chi connectivity index (χ0n) is 14.6. The Labute approximate surface area is 152 Å². The van der Waals surface area contributed by atoms with Crippen molar-refractivity contribution in [2.24, 2.45) is 0 Å². The van der Waals surface area contributed by atoms with Gasteiger partial charge in [0.2, 0.25) is 0 Å². The van der Waals surface area contributed by atoms with Crippen LogP contribution in [0.4, 0.5) is 0 Å². The molecule has 132 valence electrons. The van der Waals surface area contributed by atoms with Gasteiger partial charge in [-0.25, -0.2) is 9.59 Å². The van der Waals surface area contributed by atoms with Gasteiger partial charge >= 0.3 is 11.9 Å². The van der Waals surface area contributed by atoms with Crippen molar-refractivity contribution < 1.29 is 19.4 Å². The van der Waals surface area contributed by atoms with Crippen LogP contribution in [0.2, 0.25) is 0 Å². The van der Waals surface area contributed by atoms with Gasteiger partial charge in [0.25, 0.3) is 0 Å². The number of fused-ring (bicyclic) bond motifs is 2. The summed E-state index contributed by atoms with van der Waals surface area (Å²) in [6, 6.07) is 18.4. The molecular weight excluding hydrogens is 328 g/mol. The quantitative estimate of drug-likeness (QED) is 0.415. The second-order valence-corrected chi connectivity index (χ2v) is 5.69. The van der Waals surface area contributed by atoms with Gasteiger partial charge in [0.15, 0.2) is 0 Å². The molecule has 0 unspecified atom stereocenters. The first-order valence-corrected chi connectivity index (χ1v) is 8.01. The number of hydrogen-bond donors (Lipinski definition) is 1. The fourth-order valence-corrected chi connectivity index (χ4v) is 2.47. The number of carboxylic acid groups (broad SMARTS) is 1. The first-order valence-electron chi connectivity index (χ1n) is 8.01. The smallest absolute Gasteiger partial charge is 0.330 e. The van der Waals surface area contributed by atoms with Crippen molar-refractivity contribution in [2.45, 2.75) is 13.5 Å². The number of hydrogen-bond acceptors (Lipinski definition) is 3. The normalized spacial score (nSPS) is 9.88. The topological polar surface area (TPSA) is 63.6 Å². The molecule has 0 fully saturated rings. The van der Waals surface area contributed by atoms with Crippen LogP contribution in [0.15, 0.2) is 79.4 Å². The molecule has 0 aliphatic heterocycles. The van der Waals surface area contributed by atoms with Crippen molar-refractivity contribution in [3.63, 3.8) is 0 Å². The van der Waals surface area contributed by atoms with Crippen molar-refractivity contribution >= 4 is 33.5 Å². The van der Waals surface area contributed by atoms with Gasteiger partial charge in [-0.2, -0.15) is 0 Å². The minimum Gasteiger partial charge on any atom is -0.478 e. The summed E-state index contributed by atoms with van der Waals surface area (Å²) in [5.74, 6) is -1.34. The molecule has 0 aliphatic rings. The average molecular weight is 348 g/mol. The van der Waals surface area contributed by atoms with E-state index in [1.807, 2.05) is 24.3 Å². The molecule has 4 nitrogen and oxygen atoms in total. The molecule has 0 spiro atoms. The lowest BCUT2D eigenvalue weighted by atomic mass is 9.97. The summed E-state index contributed by atoms with van der Waals surface area (Å²) in [4.78, 5) is 20.9. The number of aliphatic carboxylic acids is 1. The van der Waals surface area contributed by atoms with Gasteiger partial charge in [-0.3, -0.25) is 0 Å². The highest BCUT2D eigenvalue weighted by molar-refractivity contribution is 6.02. The van der Waals surface area contributed by atoms with Gasteiger partial charge in [0.1, 0.15) is 6.61 Å². The summed E-state index contributed by atoms with van der Waals surface area (Å²) in [5.41, 5.74) is 1.21. The molecule has 0 atom stereocenters. The predicted molar refractivity (Wildman–Crippen MR) is 104 cm³/mol. The van der Waals surface area contributed by atoms with Crippen LogP contribution in [-0.2, 0) is 20.9 Å². The molecule has 0 amide bonds. The Balaban J connectivity index is 0.000000352. The molecule has 0 saturated heterocycles. The standard InChI is InChI=1S/C18H14O2.C4H6O2/c1-2-18(19)20-12-17-15-9-5-3-7-13(15)11-14-8-4-6-10-16(14)17;1-3(2)4(5)6/h2-11H,1,12H2;1H2,2H3,(H,5,6). The molecule has 0 saturated carbocycles. The Hall–Kier alpha value is -3.40. The summed E-state index contributed by atoms with van der Waals surface area (Å²) in [5, 5.41) is 12.4. The SMILES string of the molecule is C=C(C)C(=O)O.C=CC(=O)OCc1c2ccccc2cc2ccccc12. The van der Waals surface area contributed by atoms with Crippen LogP contribution < -0.4 is 0 Å². The van der Waals surface area contributed by atoms with Gasteiger partial charge in [-0.15, -0.1) is 0 Å². The molecule has 3 aromatic rings. The van der Waals surface area contributed by atoms with E-state index >= 15 is 0 Å². The number of carboxylic acids is 1. The molecule has 3 rings (SSSR count). The first kappa shape index (κ1) is 18.9. The Morgan fingerprint density at radius 3 is 1.92 bits per heavy atom. The molecule has 1 N–H and O–H groups in total. The van der Waals surface area contributed by atoms with Crippen LogP contribution in [0, 0.1) is 0 Å². The van der Waals surface area contributed by atoms with E-state index in [4.69, 9.17) is 9.84 Å². The van der Waals surface area contributed by atoms with Crippen LogP contribution in [0.1, 0.15) is 12.5 Å². The van der Waals surface area contributed by atoms with Crippen LogP contribution in [0.3, 0.4) is 0 Å². The van der Waals surface area contributed by atoms with Crippen LogP contribution in [-0.4, -0.2) is 17.0 Å². The van der Waals surface area contributed by atoms with E-state index in [1.165, 1.54) is 13.0 Å². The minimum atomic E-state index is -0.935. The number of esters is 1. The molecule has 26 heavy (non-hydrogen) atoms. The molecule has 0 aliphatic carbocycles. The van der Waals surface area contributed by atoms with E-state index in [0.29, 0.717) is 0 Å². The Morgan fingerprint density at radius 1 is 1.04 bits per heavy atom. The number of benzene rings is 3. The highest BCUT2D eigenvalue weighted by atomic mass is 16.5. The summed E-state index contributed by atoms with van der Waals surface area (Å²) < 4.78 is 5.24. The van der Waals surface area contributed by atoms with Gasteiger partial charge in [0, 0.05) is 17.2 Å². The third-order valence-corrected chi connectivity index (χ3v) is 3.77. The number of rotatable bonds is 4. The summed E-state index contributed by atoms with van der Waals surface area (Å²) in [6.07, 6.45) is 1.19. The monoisotopic (exact) mass is 348 g/mol. The zero-order valence-corrected chi connectivity index (χ0v) is 14.6. The van der Waals surface area contributed by atoms with E-state index in [-0.39, 0.29) is 12.2 Å². The number of ether oxygens (including phenoxy) is 1. The molecular formula is C22H20O4. The molecule has 0 heterocycles. The van der Waals surface area contributed by atoms with E-state index < -0.39 is 11.9 Å². The van der Waals surface area contributed by atoms with Crippen LogP contribution >= 0.6 is 0 Å². The summed E-state index contributed by atoms with van der Waals surface area (Å²) in [7, 11) is 0. The summed E-state index contributed by atoms with van der Waals surface area (Å²) in [6.45, 7) is 8.28. The molecule has 3 aromatic carbocycles. The fourth-order valence-electron chi connectivity index (χ4n) is 2.47. The van der Waals surface area contributed by atoms with Crippen molar-refractivity contribution in [1.82, 2.24) is 0 Å². The Morgan fingerprint density at radius 2 is 1.50 bits per heavy atom.